The molecule has 0 heterocycles. The van der Waals surface area contributed by atoms with Crippen LogP contribution in [0.3, 0.4) is 0 Å². The SMILES string of the molecule is CCNC(=O)CNC(=O)Nc1cc(C(=O)O)ccc1F. The number of anilines is 1. The van der Waals surface area contributed by atoms with Crippen molar-refractivity contribution in [1.82, 2.24) is 10.6 Å². The number of benzene rings is 1. The summed E-state index contributed by atoms with van der Waals surface area (Å²) < 4.78 is 13.4. The zero-order valence-corrected chi connectivity index (χ0v) is 10.7. The van der Waals surface area contributed by atoms with Gasteiger partial charge in [-0.3, -0.25) is 4.79 Å². The fraction of sp³-hybridized carbons (Fsp3) is 0.250. The number of carboxylic acid groups (broad SMARTS) is 1. The van der Waals surface area contributed by atoms with E-state index in [9.17, 15) is 18.8 Å². The van der Waals surface area contributed by atoms with E-state index in [-0.39, 0.29) is 23.7 Å². The number of amides is 3. The lowest BCUT2D eigenvalue weighted by Crippen LogP contribution is -2.38. The zero-order valence-electron chi connectivity index (χ0n) is 10.7. The number of rotatable bonds is 5. The monoisotopic (exact) mass is 283 g/mol. The van der Waals surface area contributed by atoms with Crippen LogP contribution in [0.5, 0.6) is 0 Å². The largest absolute Gasteiger partial charge is 0.478 e. The van der Waals surface area contributed by atoms with Crippen LogP contribution in [-0.4, -0.2) is 36.1 Å². The van der Waals surface area contributed by atoms with Crippen LogP contribution in [0.15, 0.2) is 18.2 Å². The maximum atomic E-state index is 13.4. The molecule has 108 valence electrons. The molecule has 0 aliphatic heterocycles. The number of hydrogen-bond donors (Lipinski definition) is 4. The Morgan fingerprint density at radius 3 is 2.55 bits per heavy atom. The Morgan fingerprint density at radius 1 is 1.25 bits per heavy atom. The first kappa shape index (κ1) is 15.4. The molecule has 1 aromatic carbocycles. The maximum Gasteiger partial charge on any atom is 0.335 e. The van der Waals surface area contributed by atoms with E-state index in [1.54, 1.807) is 6.92 Å². The lowest BCUT2D eigenvalue weighted by molar-refractivity contribution is -0.119. The summed E-state index contributed by atoms with van der Waals surface area (Å²) in [6.07, 6.45) is 0. The molecular weight excluding hydrogens is 269 g/mol. The zero-order chi connectivity index (χ0) is 15.1. The van der Waals surface area contributed by atoms with E-state index in [0.29, 0.717) is 6.54 Å². The number of hydrogen-bond acceptors (Lipinski definition) is 3. The maximum absolute atomic E-state index is 13.4. The fourth-order valence-electron chi connectivity index (χ4n) is 1.34. The smallest absolute Gasteiger partial charge is 0.335 e. The molecule has 0 saturated carbocycles. The van der Waals surface area contributed by atoms with Crippen molar-refractivity contribution in [3.63, 3.8) is 0 Å². The highest BCUT2D eigenvalue weighted by atomic mass is 19.1. The first-order valence-corrected chi connectivity index (χ1v) is 5.78. The van der Waals surface area contributed by atoms with Crippen molar-refractivity contribution in [2.75, 3.05) is 18.4 Å². The lowest BCUT2D eigenvalue weighted by Gasteiger charge is -2.09. The van der Waals surface area contributed by atoms with E-state index in [1.807, 2.05) is 0 Å². The molecule has 20 heavy (non-hydrogen) atoms. The van der Waals surface area contributed by atoms with Gasteiger partial charge in [0.25, 0.3) is 0 Å². The second-order valence-electron chi connectivity index (χ2n) is 3.76. The normalized spacial score (nSPS) is 9.70. The number of carboxylic acids is 1. The van der Waals surface area contributed by atoms with Crippen LogP contribution >= 0.6 is 0 Å². The summed E-state index contributed by atoms with van der Waals surface area (Å²) in [4.78, 5) is 33.3. The molecule has 8 heteroatoms. The Morgan fingerprint density at radius 2 is 1.95 bits per heavy atom. The van der Waals surface area contributed by atoms with Crippen LogP contribution in [0.25, 0.3) is 0 Å². The van der Waals surface area contributed by atoms with Crippen molar-refractivity contribution in [3.8, 4) is 0 Å². The van der Waals surface area contributed by atoms with Crippen LogP contribution in [0.4, 0.5) is 14.9 Å². The molecule has 4 N–H and O–H groups in total. The van der Waals surface area contributed by atoms with Gasteiger partial charge in [0.15, 0.2) is 0 Å². The second-order valence-corrected chi connectivity index (χ2v) is 3.76. The Balaban J connectivity index is 2.63. The lowest BCUT2D eigenvalue weighted by atomic mass is 10.2. The number of carbonyl (C=O) groups excluding carboxylic acids is 2. The number of halogens is 1. The average Bonchev–Trinajstić information content (AvgIpc) is 2.39. The van der Waals surface area contributed by atoms with Gasteiger partial charge in [-0.25, -0.2) is 14.0 Å². The number of aromatic carboxylic acids is 1. The molecule has 1 aromatic rings. The van der Waals surface area contributed by atoms with Gasteiger partial charge in [0.05, 0.1) is 17.8 Å². The van der Waals surface area contributed by atoms with Crippen molar-refractivity contribution >= 4 is 23.6 Å². The number of nitrogens with one attached hydrogen (secondary N) is 3. The molecule has 1 rings (SSSR count). The third-order valence-corrected chi connectivity index (χ3v) is 2.24. The molecular formula is C12H14FN3O4. The molecule has 0 atom stereocenters. The van der Waals surface area contributed by atoms with E-state index in [1.165, 1.54) is 0 Å². The minimum Gasteiger partial charge on any atom is -0.478 e. The number of likely N-dealkylation sites (N-methyl/N-ethyl adjacent to an activating group) is 1. The molecule has 7 nitrogen and oxygen atoms in total. The minimum absolute atomic E-state index is 0.162. The van der Waals surface area contributed by atoms with Gasteiger partial charge in [-0.1, -0.05) is 0 Å². The van der Waals surface area contributed by atoms with Gasteiger partial charge in [-0.2, -0.15) is 0 Å². The molecule has 0 aromatic heterocycles. The Hall–Kier alpha value is -2.64. The summed E-state index contributed by atoms with van der Waals surface area (Å²) in [7, 11) is 0. The fourth-order valence-corrected chi connectivity index (χ4v) is 1.34. The van der Waals surface area contributed by atoms with Gasteiger partial charge in [0.2, 0.25) is 5.91 Å². The van der Waals surface area contributed by atoms with Crippen molar-refractivity contribution < 1.29 is 23.9 Å². The molecule has 0 fully saturated rings. The van der Waals surface area contributed by atoms with E-state index in [4.69, 9.17) is 5.11 Å². The topological polar surface area (TPSA) is 108 Å². The van der Waals surface area contributed by atoms with Gasteiger partial charge < -0.3 is 21.1 Å². The standard InChI is InChI=1S/C12H14FN3O4/c1-2-14-10(17)6-15-12(20)16-9-5-7(11(18)19)3-4-8(9)13/h3-5H,2,6H2,1H3,(H,14,17)(H,18,19)(H2,15,16,20). The van der Waals surface area contributed by atoms with Gasteiger partial charge in [0.1, 0.15) is 5.82 Å². The van der Waals surface area contributed by atoms with E-state index in [0.717, 1.165) is 18.2 Å². The molecule has 0 saturated heterocycles. The summed E-state index contributed by atoms with van der Waals surface area (Å²) in [5, 5.41) is 15.6. The highest BCUT2D eigenvalue weighted by Gasteiger charge is 2.11. The molecule has 0 spiro atoms. The third-order valence-electron chi connectivity index (χ3n) is 2.24. The van der Waals surface area contributed by atoms with E-state index < -0.39 is 17.8 Å². The van der Waals surface area contributed by atoms with E-state index >= 15 is 0 Å². The van der Waals surface area contributed by atoms with Crippen molar-refractivity contribution in [2.24, 2.45) is 0 Å². The minimum atomic E-state index is -1.24. The molecule has 0 unspecified atom stereocenters. The molecule has 3 amide bonds. The predicted molar refractivity (Wildman–Crippen MR) is 69.1 cm³/mol. The molecule has 0 aliphatic rings. The predicted octanol–water partition coefficient (Wildman–Crippen LogP) is 0.781. The number of carbonyl (C=O) groups is 3. The van der Waals surface area contributed by atoms with Crippen LogP contribution in [0, 0.1) is 5.82 Å². The first-order chi connectivity index (χ1) is 9.43. The Bertz CT molecular complexity index is 533. The van der Waals surface area contributed by atoms with E-state index in [2.05, 4.69) is 16.0 Å². The van der Waals surface area contributed by atoms with Crippen LogP contribution in [0.2, 0.25) is 0 Å². The summed E-state index contributed by atoms with van der Waals surface area (Å²) in [5.74, 6) is -2.40. The van der Waals surface area contributed by atoms with Gasteiger partial charge in [0, 0.05) is 6.54 Å². The third kappa shape index (κ3) is 4.56. The van der Waals surface area contributed by atoms with Crippen LogP contribution < -0.4 is 16.0 Å². The highest BCUT2D eigenvalue weighted by molar-refractivity contribution is 5.94. The van der Waals surface area contributed by atoms with Crippen molar-refractivity contribution in [1.29, 1.82) is 0 Å². The first-order valence-electron chi connectivity index (χ1n) is 5.78. The number of urea groups is 1. The summed E-state index contributed by atoms with van der Waals surface area (Å²) in [6, 6.07) is 2.19. The van der Waals surface area contributed by atoms with Crippen molar-refractivity contribution in [2.45, 2.75) is 6.92 Å². The van der Waals surface area contributed by atoms with Gasteiger partial charge in [-0.15, -0.1) is 0 Å². The average molecular weight is 283 g/mol. The summed E-state index contributed by atoms with van der Waals surface area (Å²) in [6.45, 7) is 1.89. The Labute approximate surface area is 114 Å². The summed E-state index contributed by atoms with van der Waals surface area (Å²) in [5.41, 5.74) is -0.441. The quantitative estimate of drug-likeness (QED) is 0.640. The summed E-state index contributed by atoms with van der Waals surface area (Å²) >= 11 is 0. The highest BCUT2D eigenvalue weighted by Crippen LogP contribution is 2.16. The van der Waals surface area contributed by atoms with Gasteiger partial charge in [-0.05, 0) is 25.1 Å². The second kappa shape index (κ2) is 7.07. The molecule has 0 bridgehead atoms. The van der Waals surface area contributed by atoms with Crippen molar-refractivity contribution in [3.05, 3.63) is 29.6 Å². The van der Waals surface area contributed by atoms with Crippen LogP contribution in [0.1, 0.15) is 17.3 Å². The Kier molecular flexibility index (Phi) is 5.45. The molecule has 0 radical (unpaired) electrons. The van der Waals surface area contributed by atoms with Gasteiger partial charge >= 0.3 is 12.0 Å². The van der Waals surface area contributed by atoms with Crippen LogP contribution in [-0.2, 0) is 4.79 Å². The molecule has 0 aliphatic carbocycles.